The Labute approximate surface area is 215 Å². The average molecular weight is 503 g/mol. The zero-order chi connectivity index (χ0) is 26.7. The Hall–Kier alpha value is -4.40. The van der Waals surface area contributed by atoms with E-state index in [1.165, 1.54) is 26.0 Å². The number of ether oxygens (including phenoxy) is 2. The Bertz CT molecular complexity index is 1360. The van der Waals surface area contributed by atoms with Crippen LogP contribution in [0.15, 0.2) is 53.2 Å². The summed E-state index contributed by atoms with van der Waals surface area (Å²) in [4.78, 5) is 32.0. The quantitative estimate of drug-likeness (QED) is 0.380. The summed E-state index contributed by atoms with van der Waals surface area (Å²) in [5.74, 6) is -0.286. The minimum Gasteiger partial charge on any atom is -0.494 e. The van der Waals surface area contributed by atoms with Gasteiger partial charge in [0.2, 0.25) is 5.88 Å². The number of benzene rings is 1. The van der Waals surface area contributed by atoms with Crippen molar-refractivity contribution in [3.8, 4) is 11.6 Å². The van der Waals surface area contributed by atoms with Gasteiger partial charge in [0, 0.05) is 24.2 Å². The molecular weight excluding hydrogens is 472 g/mol. The second kappa shape index (κ2) is 10.7. The third-order valence-electron chi connectivity index (χ3n) is 6.58. The van der Waals surface area contributed by atoms with E-state index < -0.39 is 11.7 Å². The van der Waals surface area contributed by atoms with Gasteiger partial charge in [-0.2, -0.15) is 0 Å². The van der Waals surface area contributed by atoms with Crippen molar-refractivity contribution in [3.05, 3.63) is 76.8 Å². The first-order chi connectivity index (χ1) is 17.8. The van der Waals surface area contributed by atoms with E-state index in [0.717, 1.165) is 28.2 Å². The number of rotatable bonds is 7. The van der Waals surface area contributed by atoms with Gasteiger partial charge in [0.05, 0.1) is 31.7 Å². The summed E-state index contributed by atoms with van der Waals surface area (Å²) in [5.41, 5.74) is 11.5. The number of likely N-dealkylation sites (tertiary alicyclic amines) is 1. The third kappa shape index (κ3) is 4.84. The molecule has 0 radical (unpaired) electrons. The number of nitrogens with zero attached hydrogens (tertiary/aromatic N) is 3. The minimum atomic E-state index is -0.750. The van der Waals surface area contributed by atoms with Crippen molar-refractivity contribution >= 4 is 28.5 Å². The smallest absolute Gasteiger partial charge is 0.294 e. The molecule has 0 atom stereocenters. The first kappa shape index (κ1) is 25.7. The fourth-order valence-corrected chi connectivity index (χ4v) is 4.71. The Balaban J connectivity index is 1.59. The number of carbonyl (C=O) groups excluding carboxylic acids is 2. The predicted octanol–water partition coefficient (Wildman–Crippen LogP) is 3.99. The van der Waals surface area contributed by atoms with E-state index in [2.05, 4.69) is 28.9 Å². The van der Waals surface area contributed by atoms with Crippen LogP contribution in [0.1, 0.15) is 41.0 Å². The molecule has 1 aliphatic heterocycles. The summed E-state index contributed by atoms with van der Waals surface area (Å²) in [6.07, 6.45) is 2.59. The van der Waals surface area contributed by atoms with Gasteiger partial charge in [-0.05, 0) is 37.8 Å². The van der Waals surface area contributed by atoms with Crippen LogP contribution in [0.5, 0.6) is 11.6 Å². The number of ketones is 1. The monoisotopic (exact) mass is 502 g/mol. The van der Waals surface area contributed by atoms with Crippen LogP contribution in [0, 0.1) is 13.8 Å². The molecule has 0 aliphatic carbocycles. The van der Waals surface area contributed by atoms with Crippen molar-refractivity contribution in [1.29, 1.82) is 0 Å². The summed E-state index contributed by atoms with van der Waals surface area (Å²) in [6.45, 7) is 8.45. The van der Waals surface area contributed by atoms with Crippen molar-refractivity contribution in [2.45, 2.75) is 26.7 Å². The molecule has 2 aromatic heterocycles. The Kier molecular flexibility index (Phi) is 7.42. The molecule has 0 unspecified atom stereocenters. The van der Waals surface area contributed by atoms with Gasteiger partial charge in [0.1, 0.15) is 17.2 Å². The van der Waals surface area contributed by atoms with E-state index >= 15 is 0 Å². The lowest BCUT2D eigenvalue weighted by molar-refractivity contribution is -0.142. The largest absolute Gasteiger partial charge is 0.494 e. The van der Waals surface area contributed by atoms with Crippen LogP contribution >= 0.6 is 0 Å². The van der Waals surface area contributed by atoms with Gasteiger partial charge in [0.15, 0.2) is 0 Å². The molecule has 192 valence electrons. The van der Waals surface area contributed by atoms with Crippen LogP contribution in [-0.4, -0.2) is 54.0 Å². The van der Waals surface area contributed by atoms with Gasteiger partial charge in [-0.1, -0.05) is 47.6 Å². The van der Waals surface area contributed by atoms with Gasteiger partial charge in [0.25, 0.3) is 11.7 Å². The first-order valence-electron chi connectivity index (χ1n) is 11.9. The van der Waals surface area contributed by atoms with Crippen LogP contribution in [-0.2, 0) is 9.59 Å². The van der Waals surface area contributed by atoms with Crippen LogP contribution in [0.25, 0.3) is 11.1 Å². The number of hydrogen-bond acceptors (Lipinski definition) is 8. The summed E-state index contributed by atoms with van der Waals surface area (Å²) in [6, 6.07) is 10.1. The SMILES string of the molecule is C=C(C(=O)C(=O)N1CCC(=C(c2ccccc2)c2c(C)noc2C)CC1)c1c(OC)cnc(OC)c1N. The Morgan fingerprint density at radius 1 is 1.05 bits per heavy atom. The number of nitrogen functional groups attached to an aromatic ring is 1. The molecule has 1 aliphatic rings. The molecule has 4 rings (SSSR count). The molecule has 9 heteroatoms. The highest BCUT2D eigenvalue weighted by Gasteiger charge is 2.31. The molecule has 3 heterocycles. The molecule has 1 amide bonds. The maximum absolute atomic E-state index is 13.2. The highest BCUT2D eigenvalue weighted by Crippen LogP contribution is 2.37. The van der Waals surface area contributed by atoms with E-state index in [4.69, 9.17) is 19.7 Å². The topological polar surface area (TPSA) is 121 Å². The fourth-order valence-electron chi connectivity index (χ4n) is 4.71. The molecular formula is C28H30N4O5. The number of Topliss-reactive ketones (excluding diaryl/α,β-unsaturated/α-hetero) is 1. The number of nitrogens with two attached hydrogens (primary N) is 1. The number of anilines is 1. The van der Waals surface area contributed by atoms with Crippen LogP contribution in [0.4, 0.5) is 5.69 Å². The third-order valence-corrected chi connectivity index (χ3v) is 6.58. The van der Waals surface area contributed by atoms with Crippen molar-refractivity contribution in [3.63, 3.8) is 0 Å². The maximum Gasteiger partial charge on any atom is 0.294 e. The lowest BCUT2D eigenvalue weighted by atomic mass is 9.87. The minimum absolute atomic E-state index is 0.0675. The number of pyridine rings is 1. The van der Waals surface area contributed by atoms with Gasteiger partial charge in [-0.15, -0.1) is 0 Å². The van der Waals surface area contributed by atoms with Gasteiger partial charge >= 0.3 is 0 Å². The summed E-state index contributed by atoms with van der Waals surface area (Å²) in [7, 11) is 2.84. The zero-order valence-corrected chi connectivity index (χ0v) is 21.5. The molecule has 0 bridgehead atoms. The molecule has 37 heavy (non-hydrogen) atoms. The molecule has 3 aromatic rings. The molecule has 0 spiro atoms. The normalized spacial score (nSPS) is 13.3. The molecule has 2 N–H and O–H groups in total. The number of piperidine rings is 1. The van der Waals surface area contributed by atoms with E-state index in [-0.39, 0.29) is 28.5 Å². The highest BCUT2D eigenvalue weighted by molar-refractivity contribution is 6.53. The number of carbonyl (C=O) groups is 2. The number of hydrogen-bond donors (Lipinski definition) is 1. The number of amides is 1. The standard InChI is InChI=1S/C28H30N4O5/c1-16(22-21(35-4)15-30-27(36-5)25(22)29)26(33)28(34)32-13-11-20(12-14-32)24(19-9-7-6-8-10-19)23-17(2)31-37-18(23)3/h6-10,15H,1,11-14,29H2,2-5H3. The first-order valence-corrected chi connectivity index (χ1v) is 11.9. The zero-order valence-electron chi connectivity index (χ0n) is 21.5. The number of aryl methyl sites for hydroxylation is 2. The van der Waals surface area contributed by atoms with Gasteiger partial charge in [-0.25, -0.2) is 4.98 Å². The summed E-state index contributed by atoms with van der Waals surface area (Å²) >= 11 is 0. The van der Waals surface area contributed by atoms with Crippen molar-refractivity contribution in [1.82, 2.24) is 15.0 Å². The molecule has 1 fully saturated rings. The Morgan fingerprint density at radius 3 is 2.30 bits per heavy atom. The van der Waals surface area contributed by atoms with Gasteiger partial charge < -0.3 is 24.6 Å². The number of aromatic nitrogens is 2. The molecule has 9 nitrogen and oxygen atoms in total. The van der Waals surface area contributed by atoms with Crippen molar-refractivity contribution in [2.24, 2.45) is 0 Å². The lowest BCUT2D eigenvalue weighted by Gasteiger charge is -2.30. The van der Waals surface area contributed by atoms with Crippen LogP contribution in [0.3, 0.4) is 0 Å². The van der Waals surface area contributed by atoms with Crippen molar-refractivity contribution in [2.75, 3.05) is 33.0 Å². The molecule has 0 saturated carbocycles. The Morgan fingerprint density at radius 2 is 1.73 bits per heavy atom. The second-order valence-corrected chi connectivity index (χ2v) is 8.77. The fraction of sp³-hybridized carbons (Fsp3) is 0.286. The maximum atomic E-state index is 13.2. The predicted molar refractivity (Wildman–Crippen MR) is 140 cm³/mol. The molecule has 1 aromatic carbocycles. The highest BCUT2D eigenvalue weighted by atomic mass is 16.5. The summed E-state index contributed by atoms with van der Waals surface area (Å²) < 4.78 is 15.9. The molecule has 1 saturated heterocycles. The second-order valence-electron chi connectivity index (χ2n) is 8.77. The van der Waals surface area contributed by atoms with E-state index in [9.17, 15) is 9.59 Å². The van der Waals surface area contributed by atoms with Crippen molar-refractivity contribution < 1.29 is 23.6 Å². The van der Waals surface area contributed by atoms with E-state index in [1.807, 2.05) is 32.0 Å². The van der Waals surface area contributed by atoms with Crippen LogP contribution in [0.2, 0.25) is 0 Å². The van der Waals surface area contributed by atoms with E-state index in [0.29, 0.717) is 25.9 Å². The summed E-state index contributed by atoms with van der Waals surface area (Å²) in [5, 5.41) is 4.14. The van der Waals surface area contributed by atoms with Gasteiger partial charge in [-0.3, -0.25) is 9.59 Å². The van der Waals surface area contributed by atoms with E-state index in [1.54, 1.807) is 4.90 Å². The average Bonchev–Trinajstić information content (AvgIpc) is 3.25. The van der Waals surface area contributed by atoms with Crippen LogP contribution < -0.4 is 15.2 Å². The number of methoxy groups -OCH3 is 2. The lowest BCUT2D eigenvalue weighted by Crippen LogP contribution is -2.41.